The Morgan fingerprint density at radius 1 is 1.00 bits per heavy atom. The van der Waals surface area contributed by atoms with Crippen LogP contribution in [0.1, 0.15) is 15.9 Å². The number of carbonyl (C=O) groups excluding carboxylic acids is 2. The second-order valence-electron chi connectivity index (χ2n) is 7.38. The fourth-order valence-corrected chi connectivity index (χ4v) is 4.26. The third-order valence-electron chi connectivity index (χ3n) is 5.14. The summed E-state index contributed by atoms with van der Waals surface area (Å²) in [5, 5.41) is 12.1. The molecule has 1 aromatic heterocycles. The number of hydrogen-bond donors (Lipinski definition) is 2. The predicted molar refractivity (Wildman–Crippen MR) is 132 cm³/mol. The van der Waals surface area contributed by atoms with Crippen LogP contribution in [0.5, 0.6) is 5.75 Å². The highest BCUT2D eigenvalue weighted by Gasteiger charge is 2.21. The average Bonchev–Trinajstić information content (AvgIpc) is 3.26. The van der Waals surface area contributed by atoms with Crippen molar-refractivity contribution in [2.75, 3.05) is 18.2 Å². The van der Waals surface area contributed by atoms with Gasteiger partial charge in [-0.05, 0) is 36.8 Å². The van der Waals surface area contributed by atoms with Gasteiger partial charge in [-0.3, -0.25) is 14.2 Å². The Balaban J connectivity index is 1.66. The van der Waals surface area contributed by atoms with Crippen LogP contribution in [0.15, 0.2) is 78.0 Å². The van der Waals surface area contributed by atoms with E-state index < -0.39 is 5.91 Å². The molecule has 4 rings (SSSR count). The fourth-order valence-electron chi connectivity index (χ4n) is 3.52. The van der Waals surface area contributed by atoms with Gasteiger partial charge >= 0.3 is 0 Å². The lowest BCUT2D eigenvalue weighted by molar-refractivity contribution is -0.113. The molecule has 4 aromatic rings. The first-order chi connectivity index (χ1) is 16.5. The molecular formula is C25H23N5O3S. The van der Waals surface area contributed by atoms with Gasteiger partial charge in [0.1, 0.15) is 5.75 Å². The molecule has 0 atom stereocenters. The van der Waals surface area contributed by atoms with Crippen LogP contribution < -0.4 is 15.8 Å². The van der Waals surface area contributed by atoms with E-state index in [1.807, 2.05) is 60.0 Å². The number of carbonyl (C=O) groups is 2. The first-order valence-electron chi connectivity index (χ1n) is 10.5. The quantitative estimate of drug-likeness (QED) is 0.373. The van der Waals surface area contributed by atoms with Gasteiger partial charge in [0.25, 0.3) is 5.91 Å². The largest absolute Gasteiger partial charge is 0.495 e. The van der Waals surface area contributed by atoms with Gasteiger partial charge in [0, 0.05) is 5.56 Å². The van der Waals surface area contributed by atoms with Crippen LogP contribution in [0.2, 0.25) is 0 Å². The van der Waals surface area contributed by atoms with Gasteiger partial charge in [0.05, 0.1) is 29.8 Å². The molecule has 0 unspecified atom stereocenters. The lowest BCUT2D eigenvalue weighted by atomic mass is 10.1. The molecule has 0 fully saturated rings. The lowest BCUT2D eigenvalue weighted by Crippen LogP contribution is -2.19. The molecule has 2 amide bonds. The summed E-state index contributed by atoms with van der Waals surface area (Å²) in [6.45, 7) is 2.01. The molecular weight excluding hydrogens is 450 g/mol. The third-order valence-corrected chi connectivity index (χ3v) is 6.07. The van der Waals surface area contributed by atoms with Crippen LogP contribution in [-0.2, 0) is 4.79 Å². The summed E-state index contributed by atoms with van der Waals surface area (Å²) in [4.78, 5) is 24.3. The van der Waals surface area contributed by atoms with E-state index in [9.17, 15) is 9.59 Å². The maximum absolute atomic E-state index is 12.7. The molecule has 172 valence electrons. The van der Waals surface area contributed by atoms with Crippen LogP contribution >= 0.6 is 11.8 Å². The molecule has 1 heterocycles. The Hall–Kier alpha value is -4.11. The van der Waals surface area contributed by atoms with E-state index in [1.165, 1.54) is 11.8 Å². The first kappa shape index (κ1) is 23.1. The minimum absolute atomic E-state index is 0.0498. The number of ether oxygens (including phenoxy) is 1. The molecule has 0 saturated heterocycles. The molecule has 34 heavy (non-hydrogen) atoms. The van der Waals surface area contributed by atoms with E-state index in [0.717, 1.165) is 16.8 Å². The Bertz CT molecular complexity index is 1350. The Labute approximate surface area is 201 Å². The van der Waals surface area contributed by atoms with Gasteiger partial charge in [0.2, 0.25) is 5.91 Å². The van der Waals surface area contributed by atoms with E-state index >= 15 is 0 Å². The maximum atomic E-state index is 12.7. The standard InChI is InChI=1S/C25H23N5O3S/c1-16-9-3-4-10-17(16)24-28-29-25(30(24)20-13-7-8-14-21(20)33-2)34-15-22(31)27-19-12-6-5-11-18(19)23(26)32/h3-14H,15H2,1-2H3,(H2,26,32)(H,27,31). The number of hydrogen-bond acceptors (Lipinski definition) is 6. The van der Waals surface area contributed by atoms with E-state index in [1.54, 1.807) is 31.4 Å². The number of benzene rings is 3. The normalized spacial score (nSPS) is 10.6. The maximum Gasteiger partial charge on any atom is 0.250 e. The second kappa shape index (κ2) is 10.2. The molecule has 3 N–H and O–H groups in total. The zero-order valence-corrected chi connectivity index (χ0v) is 19.5. The monoisotopic (exact) mass is 473 g/mol. The van der Waals surface area contributed by atoms with Crippen molar-refractivity contribution in [3.63, 3.8) is 0 Å². The van der Waals surface area contributed by atoms with Gasteiger partial charge in [-0.1, -0.05) is 60.3 Å². The number of nitrogens with zero attached hydrogens (tertiary/aromatic N) is 3. The summed E-state index contributed by atoms with van der Waals surface area (Å²) < 4.78 is 7.46. The topological polar surface area (TPSA) is 112 Å². The van der Waals surface area contributed by atoms with Crippen molar-refractivity contribution >= 4 is 29.3 Å². The highest BCUT2D eigenvalue weighted by molar-refractivity contribution is 7.99. The number of anilines is 1. The fraction of sp³-hybridized carbons (Fsp3) is 0.120. The molecule has 0 aliphatic rings. The number of thioether (sulfide) groups is 1. The predicted octanol–water partition coefficient (Wildman–Crippen LogP) is 4.08. The number of aryl methyl sites for hydroxylation is 1. The molecule has 0 radical (unpaired) electrons. The summed E-state index contributed by atoms with van der Waals surface area (Å²) >= 11 is 1.23. The van der Waals surface area contributed by atoms with Crippen molar-refractivity contribution < 1.29 is 14.3 Å². The first-order valence-corrected chi connectivity index (χ1v) is 11.4. The molecule has 8 nitrogen and oxygen atoms in total. The Morgan fingerprint density at radius 3 is 2.47 bits per heavy atom. The zero-order valence-electron chi connectivity index (χ0n) is 18.7. The number of nitrogens with one attached hydrogen (secondary N) is 1. The summed E-state index contributed by atoms with van der Waals surface area (Å²) in [6, 6.07) is 22.1. The summed E-state index contributed by atoms with van der Waals surface area (Å²) in [7, 11) is 1.60. The number of amides is 2. The summed E-state index contributed by atoms with van der Waals surface area (Å²) in [5.74, 6) is 0.435. The smallest absolute Gasteiger partial charge is 0.250 e. The number of primary amides is 1. The minimum Gasteiger partial charge on any atom is -0.495 e. The highest BCUT2D eigenvalue weighted by atomic mass is 32.2. The minimum atomic E-state index is -0.609. The van der Waals surface area contributed by atoms with E-state index in [-0.39, 0.29) is 17.2 Å². The van der Waals surface area contributed by atoms with Crippen molar-refractivity contribution in [3.8, 4) is 22.8 Å². The van der Waals surface area contributed by atoms with Crippen LogP contribution in [0.4, 0.5) is 5.69 Å². The van der Waals surface area contributed by atoms with Crippen molar-refractivity contribution in [3.05, 3.63) is 83.9 Å². The Morgan fingerprint density at radius 2 is 1.71 bits per heavy atom. The SMILES string of the molecule is COc1ccccc1-n1c(SCC(=O)Nc2ccccc2C(N)=O)nnc1-c1ccccc1C. The number of para-hydroxylation sites is 3. The van der Waals surface area contributed by atoms with Crippen molar-refractivity contribution in [2.45, 2.75) is 12.1 Å². The van der Waals surface area contributed by atoms with E-state index in [2.05, 4.69) is 15.5 Å². The number of methoxy groups -OCH3 is 1. The van der Waals surface area contributed by atoms with Crippen LogP contribution in [0.25, 0.3) is 17.1 Å². The van der Waals surface area contributed by atoms with Gasteiger partial charge in [-0.25, -0.2) is 0 Å². The van der Waals surface area contributed by atoms with E-state index in [4.69, 9.17) is 10.5 Å². The molecule has 3 aromatic carbocycles. The van der Waals surface area contributed by atoms with E-state index in [0.29, 0.717) is 22.4 Å². The van der Waals surface area contributed by atoms with Crippen molar-refractivity contribution in [2.24, 2.45) is 5.73 Å². The lowest BCUT2D eigenvalue weighted by Gasteiger charge is -2.14. The molecule has 0 aliphatic carbocycles. The second-order valence-corrected chi connectivity index (χ2v) is 8.32. The number of nitrogens with two attached hydrogens (primary N) is 1. The molecule has 0 bridgehead atoms. The number of aromatic nitrogens is 3. The summed E-state index contributed by atoms with van der Waals surface area (Å²) in [6.07, 6.45) is 0. The number of rotatable bonds is 8. The van der Waals surface area contributed by atoms with Gasteiger partial charge in [-0.15, -0.1) is 10.2 Å². The molecule has 0 saturated carbocycles. The average molecular weight is 474 g/mol. The van der Waals surface area contributed by atoms with Crippen LogP contribution in [-0.4, -0.2) is 39.4 Å². The van der Waals surface area contributed by atoms with Crippen molar-refractivity contribution in [1.82, 2.24) is 14.8 Å². The van der Waals surface area contributed by atoms with Gasteiger partial charge < -0.3 is 15.8 Å². The summed E-state index contributed by atoms with van der Waals surface area (Å²) in [5.41, 5.74) is 8.75. The third kappa shape index (κ3) is 4.79. The van der Waals surface area contributed by atoms with Gasteiger partial charge in [0.15, 0.2) is 11.0 Å². The Kier molecular flexibility index (Phi) is 6.93. The zero-order chi connectivity index (χ0) is 24.1. The van der Waals surface area contributed by atoms with Gasteiger partial charge in [-0.2, -0.15) is 0 Å². The molecule has 0 spiro atoms. The van der Waals surface area contributed by atoms with Crippen LogP contribution in [0.3, 0.4) is 0 Å². The highest BCUT2D eigenvalue weighted by Crippen LogP contribution is 2.33. The van der Waals surface area contributed by atoms with Crippen molar-refractivity contribution in [1.29, 1.82) is 0 Å². The van der Waals surface area contributed by atoms with Crippen LogP contribution in [0, 0.1) is 6.92 Å². The molecule has 9 heteroatoms. The molecule has 0 aliphatic heterocycles.